The van der Waals surface area contributed by atoms with Crippen molar-refractivity contribution >= 4 is 23.2 Å². The first-order valence-electron chi connectivity index (χ1n) is 7.38. The molecule has 0 atom stereocenters. The maximum absolute atomic E-state index is 13.9. The molecule has 0 heterocycles. The number of hydrogen-bond acceptors (Lipinski definition) is 3. The average Bonchev–Trinajstić information content (AvgIpc) is 2.61. The van der Waals surface area contributed by atoms with Crippen LogP contribution in [0.25, 0.3) is 0 Å². The highest BCUT2D eigenvalue weighted by atomic mass is 35.5. The van der Waals surface area contributed by atoms with Crippen molar-refractivity contribution < 1.29 is 14.0 Å². The van der Waals surface area contributed by atoms with E-state index in [1.807, 2.05) is 0 Å². The summed E-state index contributed by atoms with van der Waals surface area (Å²) in [4.78, 5) is 26.6. The molecule has 2 aromatic carbocycles. The van der Waals surface area contributed by atoms with Crippen LogP contribution >= 0.6 is 11.6 Å². The van der Waals surface area contributed by atoms with E-state index in [1.54, 1.807) is 31.3 Å². The van der Waals surface area contributed by atoms with Crippen LogP contribution in [0.1, 0.15) is 26.3 Å². The third-order valence-corrected chi connectivity index (χ3v) is 3.37. The normalized spacial score (nSPS) is 10.1. The molecule has 0 aliphatic heterocycles. The third-order valence-electron chi connectivity index (χ3n) is 3.13. The zero-order valence-electron chi connectivity index (χ0n) is 14.1. The van der Waals surface area contributed by atoms with E-state index in [9.17, 15) is 14.0 Å². The van der Waals surface area contributed by atoms with Gasteiger partial charge < -0.3 is 4.90 Å². The largest absolute Gasteiger partial charge is 0.383 e. The van der Waals surface area contributed by atoms with Crippen LogP contribution in [0.3, 0.4) is 0 Å². The number of nitrogens with zero attached hydrogens (tertiary/aromatic N) is 1. The minimum Gasteiger partial charge on any atom is -0.383 e. The molecule has 0 N–H and O–H groups in total. The molecular formula is C20H19ClFNO2. The lowest BCUT2D eigenvalue weighted by atomic mass is 9.95. The number of carbonyl (C=O) groups excluding carboxylic acids is 2. The van der Waals surface area contributed by atoms with E-state index in [2.05, 4.69) is 13.2 Å². The van der Waals surface area contributed by atoms with Crippen LogP contribution in [0.4, 0.5) is 4.39 Å². The summed E-state index contributed by atoms with van der Waals surface area (Å²) in [7, 11) is 3.55. The second-order valence-electron chi connectivity index (χ2n) is 5.14. The first-order chi connectivity index (χ1) is 11.9. The highest BCUT2D eigenvalue weighted by molar-refractivity contribution is 6.31. The molecule has 2 rings (SSSR count). The predicted molar refractivity (Wildman–Crippen MR) is 99.7 cm³/mol. The third kappa shape index (κ3) is 5.40. The van der Waals surface area contributed by atoms with E-state index in [4.69, 9.17) is 11.6 Å². The zero-order chi connectivity index (χ0) is 19.0. The minimum atomic E-state index is -0.639. The average molecular weight is 360 g/mol. The van der Waals surface area contributed by atoms with Crippen molar-refractivity contribution in [2.45, 2.75) is 0 Å². The summed E-state index contributed by atoms with van der Waals surface area (Å²) >= 11 is 5.94. The second-order valence-corrected chi connectivity index (χ2v) is 5.58. The van der Waals surface area contributed by atoms with E-state index in [1.165, 1.54) is 42.5 Å². The van der Waals surface area contributed by atoms with Crippen LogP contribution in [0.15, 0.2) is 67.9 Å². The molecule has 0 bridgehead atoms. The Balaban J connectivity index is 0.00000151. The van der Waals surface area contributed by atoms with Gasteiger partial charge in [0.1, 0.15) is 5.82 Å². The van der Waals surface area contributed by atoms with Crippen molar-refractivity contribution in [2.24, 2.45) is 0 Å². The number of rotatable bonds is 5. The van der Waals surface area contributed by atoms with Gasteiger partial charge in [0.05, 0.1) is 5.56 Å². The molecule has 0 fully saturated rings. The second kappa shape index (κ2) is 9.55. The number of hydrogen-bond donors (Lipinski definition) is 0. The lowest BCUT2D eigenvalue weighted by molar-refractivity contribution is 0.100. The summed E-state index contributed by atoms with van der Waals surface area (Å²) < 4.78 is 13.9. The zero-order valence-corrected chi connectivity index (χ0v) is 14.9. The Morgan fingerprint density at radius 3 is 2.28 bits per heavy atom. The van der Waals surface area contributed by atoms with Crippen LogP contribution < -0.4 is 0 Å². The Hall–Kier alpha value is -2.72. The van der Waals surface area contributed by atoms with Gasteiger partial charge in [0.15, 0.2) is 11.6 Å². The minimum absolute atomic E-state index is 0.0796. The number of halogens is 2. The molecular weight excluding hydrogens is 341 g/mol. The molecule has 0 aliphatic carbocycles. The fraction of sp³-hybridized carbons (Fsp3) is 0.100. The summed E-state index contributed by atoms with van der Waals surface area (Å²) in [5, 5.41) is 0.304. The highest BCUT2D eigenvalue weighted by Gasteiger charge is 2.20. The van der Waals surface area contributed by atoms with Gasteiger partial charge in [-0.25, -0.2) is 4.39 Å². The molecule has 0 amide bonds. The fourth-order valence-electron chi connectivity index (χ4n) is 2.02. The summed E-state index contributed by atoms with van der Waals surface area (Å²) in [6.07, 6.45) is 2.93. The SMILES string of the molecule is C=C.CN(C)C=CC(=O)c1ccc(Cl)cc1C(=O)c1ccccc1F. The van der Waals surface area contributed by atoms with E-state index in [0.29, 0.717) is 5.02 Å². The maximum atomic E-state index is 13.9. The summed E-state index contributed by atoms with van der Waals surface area (Å²) in [6.45, 7) is 6.00. The van der Waals surface area contributed by atoms with Gasteiger partial charge >= 0.3 is 0 Å². The van der Waals surface area contributed by atoms with Crippen molar-refractivity contribution in [3.05, 3.63) is 95.4 Å². The van der Waals surface area contributed by atoms with Crippen LogP contribution in [-0.4, -0.2) is 30.6 Å². The van der Waals surface area contributed by atoms with Gasteiger partial charge in [-0.15, -0.1) is 13.2 Å². The molecule has 5 heteroatoms. The van der Waals surface area contributed by atoms with Gasteiger partial charge in [-0.1, -0.05) is 23.7 Å². The van der Waals surface area contributed by atoms with Gasteiger partial charge in [0.2, 0.25) is 0 Å². The number of benzene rings is 2. The predicted octanol–water partition coefficient (Wildman–Crippen LogP) is 4.77. The number of allylic oxidation sites excluding steroid dienone is 1. The van der Waals surface area contributed by atoms with Gasteiger partial charge in [-0.05, 0) is 30.3 Å². The van der Waals surface area contributed by atoms with Crippen molar-refractivity contribution in [1.29, 1.82) is 0 Å². The van der Waals surface area contributed by atoms with Gasteiger partial charge in [-0.2, -0.15) is 0 Å². The summed E-state index contributed by atoms with van der Waals surface area (Å²) in [5.41, 5.74) is 0.164. The Bertz CT molecular complexity index is 800. The Labute approximate surface area is 152 Å². The van der Waals surface area contributed by atoms with E-state index in [-0.39, 0.29) is 22.5 Å². The van der Waals surface area contributed by atoms with Crippen LogP contribution in [0.5, 0.6) is 0 Å². The first kappa shape index (κ1) is 20.3. The quantitative estimate of drug-likeness (QED) is 0.438. The van der Waals surface area contributed by atoms with Crippen molar-refractivity contribution in [3.63, 3.8) is 0 Å². The van der Waals surface area contributed by atoms with Crippen LogP contribution in [0.2, 0.25) is 5.02 Å². The summed E-state index contributed by atoms with van der Waals surface area (Å²) in [5.74, 6) is -1.57. The van der Waals surface area contributed by atoms with Gasteiger partial charge in [0.25, 0.3) is 0 Å². The molecule has 130 valence electrons. The number of carbonyl (C=O) groups is 2. The van der Waals surface area contributed by atoms with Crippen molar-refractivity contribution in [1.82, 2.24) is 4.90 Å². The lowest BCUT2D eigenvalue weighted by Crippen LogP contribution is -2.11. The van der Waals surface area contributed by atoms with Crippen molar-refractivity contribution in [3.8, 4) is 0 Å². The highest BCUT2D eigenvalue weighted by Crippen LogP contribution is 2.22. The molecule has 25 heavy (non-hydrogen) atoms. The van der Waals surface area contributed by atoms with E-state index >= 15 is 0 Å². The molecule has 0 aromatic heterocycles. The monoisotopic (exact) mass is 359 g/mol. The van der Waals surface area contributed by atoms with Gasteiger partial charge in [-0.3, -0.25) is 9.59 Å². The van der Waals surface area contributed by atoms with Crippen LogP contribution in [-0.2, 0) is 0 Å². The van der Waals surface area contributed by atoms with E-state index < -0.39 is 11.6 Å². The Morgan fingerprint density at radius 1 is 1.04 bits per heavy atom. The molecule has 0 aliphatic rings. The standard InChI is InChI=1S/C18H15ClFNO2.C2H4/c1-21(2)10-9-17(22)13-8-7-12(19)11-15(13)18(23)14-5-3-4-6-16(14)20;1-2/h3-11H,1-2H3;1-2H2. The number of ketones is 2. The molecule has 0 spiro atoms. The maximum Gasteiger partial charge on any atom is 0.196 e. The molecule has 0 unspecified atom stereocenters. The topological polar surface area (TPSA) is 37.4 Å². The van der Waals surface area contributed by atoms with Gasteiger partial charge in [0, 0.05) is 42.5 Å². The molecule has 0 saturated heterocycles. The first-order valence-corrected chi connectivity index (χ1v) is 7.75. The smallest absolute Gasteiger partial charge is 0.196 e. The van der Waals surface area contributed by atoms with E-state index in [0.717, 1.165) is 0 Å². The fourth-order valence-corrected chi connectivity index (χ4v) is 2.19. The molecule has 0 radical (unpaired) electrons. The van der Waals surface area contributed by atoms with Crippen LogP contribution in [0, 0.1) is 5.82 Å². The molecule has 0 saturated carbocycles. The lowest BCUT2D eigenvalue weighted by Gasteiger charge is -2.09. The Morgan fingerprint density at radius 2 is 1.68 bits per heavy atom. The molecule has 3 nitrogen and oxygen atoms in total. The Kier molecular flexibility index (Phi) is 7.76. The van der Waals surface area contributed by atoms with Crippen molar-refractivity contribution in [2.75, 3.05) is 14.1 Å². The summed E-state index contributed by atoms with van der Waals surface area (Å²) in [6, 6.07) is 10.0. The molecule has 2 aromatic rings.